The van der Waals surface area contributed by atoms with E-state index in [0.29, 0.717) is 18.4 Å². The van der Waals surface area contributed by atoms with Gasteiger partial charge in [-0.2, -0.15) is 0 Å². The zero-order chi connectivity index (χ0) is 11.1. The molecular formula is C13H19NO. The van der Waals surface area contributed by atoms with Crippen LogP contribution in [-0.2, 0) is 4.79 Å². The van der Waals surface area contributed by atoms with Crippen molar-refractivity contribution in [1.29, 1.82) is 0 Å². The lowest BCUT2D eigenvalue weighted by atomic mass is 10.1. The van der Waals surface area contributed by atoms with Gasteiger partial charge in [0.25, 0.3) is 0 Å². The van der Waals surface area contributed by atoms with Gasteiger partial charge in [0.2, 0.25) is 0 Å². The van der Waals surface area contributed by atoms with Crippen molar-refractivity contribution in [3.05, 3.63) is 35.9 Å². The van der Waals surface area contributed by atoms with Gasteiger partial charge in [-0.1, -0.05) is 37.3 Å². The Kier molecular flexibility index (Phi) is 5.05. The van der Waals surface area contributed by atoms with E-state index in [2.05, 4.69) is 31.3 Å². The van der Waals surface area contributed by atoms with E-state index in [1.807, 2.05) is 18.2 Å². The smallest absolute Gasteiger partial charge is 0.120 e. The predicted molar refractivity (Wildman–Crippen MR) is 62.7 cm³/mol. The quantitative estimate of drug-likeness (QED) is 0.723. The highest BCUT2D eigenvalue weighted by Crippen LogP contribution is 2.11. The summed E-state index contributed by atoms with van der Waals surface area (Å²) >= 11 is 0. The van der Waals surface area contributed by atoms with Crippen molar-refractivity contribution in [2.75, 3.05) is 6.54 Å². The average Bonchev–Trinajstić information content (AvgIpc) is 2.27. The summed E-state index contributed by atoms with van der Waals surface area (Å²) in [4.78, 5) is 10.3. The van der Waals surface area contributed by atoms with Gasteiger partial charge in [-0.05, 0) is 24.9 Å². The molecule has 0 aromatic heterocycles. The fourth-order valence-electron chi connectivity index (χ4n) is 1.49. The molecule has 2 nitrogen and oxygen atoms in total. The second kappa shape index (κ2) is 6.36. The second-order valence-corrected chi connectivity index (χ2v) is 4.05. The Hall–Kier alpha value is -1.15. The monoisotopic (exact) mass is 205 g/mol. The molecule has 1 aromatic rings. The topological polar surface area (TPSA) is 29.1 Å². The second-order valence-electron chi connectivity index (χ2n) is 4.05. The van der Waals surface area contributed by atoms with Crippen LogP contribution in [0.5, 0.6) is 0 Å². The summed E-state index contributed by atoms with van der Waals surface area (Å²) < 4.78 is 0. The highest BCUT2D eigenvalue weighted by molar-refractivity contribution is 5.49. The van der Waals surface area contributed by atoms with E-state index in [0.717, 1.165) is 12.8 Å². The highest BCUT2D eigenvalue weighted by Gasteiger charge is 2.06. The van der Waals surface area contributed by atoms with Gasteiger partial charge >= 0.3 is 0 Å². The fraction of sp³-hybridized carbons (Fsp3) is 0.462. The van der Waals surface area contributed by atoms with Crippen LogP contribution >= 0.6 is 0 Å². The van der Waals surface area contributed by atoms with Crippen LogP contribution in [0.4, 0.5) is 0 Å². The van der Waals surface area contributed by atoms with Crippen LogP contribution in [0.25, 0.3) is 0 Å². The minimum atomic E-state index is 0.348. The summed E-state index contributed by atoms with van der Waals surface area (Å²) in [6, 6.07) is 10.7. The molecule has 1 N–H and O–H groups in total. The molecule has 0 fully saturated rings. The van der Waals surface area contributed by atoms with Gasteiger partial charge < -0.3 is 10.1 Å². The molecule has 15 heavy (non-hydrogen) atoms. The molecule has 0 aliphatic rings. The first-order chi connectivity index (χ1) is 7.24. The van der Waals surface area contributed by atoms with Crippen LogP contribution in [0.2, 0.25) is 0 Å². The van der Waals surface area contributed by atoms with Gasteiger partial charge in [0.1, 0.15) is 6.29 Å². The zero-order valence-corrected chi connectivity index (χ0v) is 9.44. The Morgan fingerprint density at radius 1 is 1.27 bits per heavy atom. The van der Waals surface area contributed by atoms with E-state index < -0.39 is 0 Å². The maximum absolute atomic E-state index is 10.3. The number of aldehydes is 1. The number of nitrogens with one attached hydrogen (secondary N) is 1. The van der Waals surface area contributed by atoms with Crippen molar-refractivity contribution in [2.45, 2.75) is 26.3 Å². The highest BCUT2D eigenvalue weighted by atomic mass is 16.1. The van der Waals surface area contributed by atoms with Gasteiger partial charge in [-0.3, -0.25) is 0 Å². The Morgan fingerprint density at radius 2 is 1.93 bits per heavy atom. The number of rotatable bonds is 6. The van der Waals surface area contributed by atoms with Crippen LogP contribution in [0.15, 0.2) is 30.3 Å². The molecule has 0 bridgehead atoms. The third-order valence-electron chi connectivity index (χ3n) is 2.57. The number of benzene rings is 1. The molecular weight excluding hydrogens is 186 g/mol. The Balaban J connectivity index is 2.36. The van der Waals surface area contributed by atoms with Crippen LogP contribution in [0.1, 0.15) is 31.9 Å². The minimum Gasteiger partial charge on any atom is -0.310 e. The third kappa shape index (κ3) is 4.26. The van der Waals surface area contributed by atoms with E-state index in [1.54, 1.807) is 0 Å². The first kappa shape index (κ1) is 11.9. The molecule has 0 radical (unpaired) electrons. The summed E-state index contributed by atoms with van der Waals surface area (Å²) in [7, 11) is 0. The summed E-state index contributed by atoms with van der Waals surface area (Å²) in [5.74, 6) is 0.411. The summed E-state index contributed by atoms with van der Waals surface area (Å²) in [6.45, 7) is 5.11. The molecule has 0 saturated heterocycles. The average molecular weight is 205 g/mol. The van der Waals surface area contributed by atoms with Gasteiger partial charge in [-0.25, -0.2) is 0 Å². The Morgan fingerprint density at radius 3 is 2.53 bits per heavy atom. The fourth-order valence-corrected chi connectivity index (χ4v) is 1.49. The van der Waals surface area contributed by atoms with Gasteiger partial charge in [0.15, 0.2) is 0 Å². The Labute approximate surface area is 91.7 Å². The zero-order valence-electron chi connectivity index (χ0n) is 9.44. The molecule has 1 aromatic carbocycles. The number of hydrogen-bond donors (Lipinski definition) is 1. The Bertz CT molecular complexity index is 284. The van der Waals surface area contributed by atoms with E-state index in [1.165, 1.54) is 5.56 Å². The van der Waals surface area contributed by atoms with E-state index in [4.69, 9.17) is 0 Å². The number of hydrogen-bond acceptors (Lipinski definition) is 2. The lowest BCUT2D eigenvalue weighted by molar-refractivity contribution is -0.108. The van der Waals surface area contributed by atoms with Gasteiger partial charge in [-0.15, -0.1) is 0 Å². The van der Waals surface area contributed by atoms with Crippen molar-refractivity contribution < 1.29 is 4.79 Å². The molecule has 0 amide bonds. The summed E-state index contributed by atoms with van der Waals surface area (Å²) in [6.07, 6.45) is 1.62. The van der Waals surface area contributed by atoms with Crippen molar-refractivity contribution in [1.82, 2.24) is 5.32 Å². The SMILES string of the molecule is C[C@@H](CC=O)CN[C@@H](C)c1ccccc1. The lowest BCUT2D eigenvalue weighted by Crippen LogP contribution is -2.24. The van der Waals surface area contributed by atoms with Crippen LogP contribution < -0.4 is 5.32 Å². The first-order valence-corrected chi connectivity index (χ1v) is 5.46. The molecule has 1 rings (SSSR count). The van der Waals surface area contributed by atoms with Crippen LogP contribution in [0, 0.1) is 5.92 Å². The molecule has 0 unspecified atom stereocenters. The molecule has 0 aliphatic carbocycles. The lowest BCUT2D eigenvalue weighted by Gasteiger charge is -2.16. The molecule has 2 atom stereocenters. The first-order valence-electron chi connectivity index (χ1n) is 5.46. The van der Waals surface area contributed by atoms with Crippen LogP contribution in [-0.4, -0.2) is 12.8 Å². The van der Waals surface area contributed by atoms with Crippen molar-refractivity contribution in [3.63, 3.8) is 0 Å². The molecule has 0 aliphatic heterocycles. The molecule has 0 heterocycles. The van der Waals surface area contributed by atoms with E-state index in [9.17, 15) is 4.79 Å². The van der Waals surface area contributed by atoms with Gasteiger partial charge in [0, 0.05) is 12.5 Å². The maximum atomic E-state index is 10.3. The number of carbonyl (C=O) groups is 1. The standard InChI is InChI=1S/C13H19NO/c1-11(8-9-15)10-14-12(2)13-6-4-3-5-7-13/h3-7,9,11-12,14H,8,10H2,1-2H3/t11-,12-/m0/s1. The summed E-state index contributed by atoms with van der Waals surface area (Å²) in [5.41, 5.74) is 1.29. The van der Waals surface area contributed by atoms with E-state index >= 15 is 0 Å². The van der Waals surface area contributed by atoms with Crippen LogP contribution in [0.3, 0.4) is 0 Å². The molecule has 0 saturated carbocycles. The molecule has 82 valence electrons. The summed E-state index contributed by atoms with van der Waals surface area (Å²) in [5, 5.41) is 3.42. The maximum Gasteiger partial charge on any atom is 0.120 e. The largest absolute Gasteiger partial charge is 0.310 e. The normalized spacial score (nSPS) is 14.5. The number of carbonyl (C=O) groups excluding carboxylic acids is 1. The van der Waals surface area contributed by atoms with Crippen molar-refractivity contribution in [2.24, 2.45) is 5.92 Å². The molecule has 0 spiro atoms. The predicted octanol–water partition coefficient (Wildman–Crippen LogP) is 2.56. The van der Waals surface area contributed by atoms with E-state index in [-0.39, 0.29) is 0 Å². The molecule has 2 heteroatoms. The van der Waals surface area contributed by atoms with Gasteiger partial charge in [0.05, 0.1) is 0 Å². The third-order valence-corrected chi connectivity index (χ3v) is 2.57. The van der Waals surface area contributed by atoms with Crippen molar-refractivity contribution in [3.8, 4) is 0 Å². The van der Waals surface area contributed by atoms with Crippen molar-refractivity contribution >= 4 is 6.29 Å². The minimum absolute atomic E-state index is 0.348.